The monoisotopic (exact) mass is 294 g/mol. The summed E-state index contributed by atoms with van der Waals surface area (Å²) in [7, 11) is 0. The number of amides is 1. The van der Waals surface area contributed by atoms with Gasteiger partial charge in [0.05, 0.1) is 12.6 Å². The van der Waals surface area contributed by atoms with E-state index in [-0.39, 0.29) is 18.9 Å². The van der Waals surface area contributed by atoms with Crippen molar-refractivity contribution in [2.45, 2.75) is 18.9 Å². The summed E-state index contributed by atoms with van der Waals surface area (Å²) >= 11 is 5.81. The molecule has 1 aromatic carbocycles. The molecule has 0 saturated heterocycles. The Bertz CT molecular complexity index is 542. The maximum atomic E-state index is 11.8. The zero-order valence-corrected chi connectivity index (χ0v) is 11.5. The molecular formula is C13H15ClN4O2. The Kier molecular flexibility index (Phi) is 5.09. The molecule has 0 fully saturated rings. The van der Waals surface area contributed by atoms with Crippen molar-refractivity contribution >= 4 is 17.5 Å². The lowest BCUT2D eigenvalue weighted by molar-refractivity contribution is -0.122. The summed E-state index contributed by atoms with van der Waals surface area (Å²) < 4.78 is 0. The van der Waals surface area contributed by atoms with Crippen LogP contribution in [0.3, 0.4) is 0 Å². The predicted octanol–water partition coefficient (Wildman–Crippen LogP) is 1.24. The first-order chi connectivity index (χ1) is 9.69. The highest BCUT2D eigenvalue weighted by Crippen LogP contribution is 2.16. The maximum absolute atomic E-state index is 11.8. The van der Waals surface area contributed by atoms with Crippen LogP contribution >= 0.6 is 11.6 Å². The zero-order valence-electron chi connectivity index (χ0n) is 10.7. The van der Waals surface area contributed by atoms with E-state index in [0.29, 0.717) is 17.3 Å². The lowest BCUT2D eigenvalue weighted by Crippen LogP contribution is -2.31. The summed E-state index contributed by atoms with van der Waals surface area (Å²) in [6, 6.07) is 6.56. The normalized spacial score (nSPS) is 12.1. The van der Waals surface area contributed by atoms with Gasteiger partial charge in [-0.25, -0.2) is 4.98 Å². The van der Waals surface area contributed by atoms with E-state index in [0.717, 1.165) is 5.56 Å². The molecule has 1 amide bonds. The largest absolute Gasteiger partial charge is 0.394 e. The fraction of sp³-hybridized carbons (Fsp3) is 0.308. The van der Waals surface area contributed by atoms with Crippen LogP contribution in [0.4, 0.5) is 0 Å². The SMILES string of the molecule is O=C(CCc1ncn[nH]1)NC(CO)c1ccc(Cl)cc1. The van der Waals surface area contributed by atoms with Gasteiger partial charge in [-0.1, -0.05) is 23.7 Å². The van der Waals surface area contributed by atoms with Crippen molar-refractivity contribution in [1.82, 2.24) is 20.5 Å². The van der Waals surface area contributed by atoms with Gasteiger partial charge in [0.25, 0.3) is 0 Å². The van der Waals surface area contributed by atoms with E-state index in [1.54, 1.807) is 24.3 Å². The van der Waals surface area contributed by atoms with Gasteiger partial charge < -0.3 is 10.4 Å². The molecule has 106 valence electrons. The maximum Gasteiger partial charge on any atom is 0.221 e. The summed E-state index contributed by atoms with van der Waals surface area (Å²) in [6.07, 6.45) is 2.15. The van der Waals surface area contributed by atoms with Gasteiger partial charge in [-0.05, 0) is 17.7 Å². The van der Waals surface area contributed by atoms with Gasteiger partial charge in [-0.3, -0.25) is 9.89 Å². The minimum Gasteiger partial charge on any atom is -0.394 e. The van der Waals surface area contributed by atoms with Crippen LogP contribution in [0.5, 0.6) is 0 Å². The van der Waals surface area contributed by atoms with E-state index in [1.165, 1.54) is 6.33 Å². The molecule has 0 aliphatic rings. The number of hydrogen-bond acceptors (Lipinski definition) is 4. The van der Waals surface area contributed by atoms with Crippen molar-refractivity contribution in [3.8, 4) is 0 Å². The number of aromatic nitrogens is 3. The number of nitrogens with one attached hydrogen (secondary N) is 2. The Morgan fingerprint density at radius 2 is 2.15 bits per heavy atom. The quantitative estimate of drug-likeness (QED) is 0.747. The number of aromatic amines is 1. The summed E-state index contributed by atoms with van der Waals surface area (Å²) in [5.74, 6) is 0.502. The second-order valence-electron chi connectivity index (χ2n) is 4.29. The average Bonchev–Trinajstić information content (AvgIpc) is 2.97. The molecule has 2 aromatic rings. The van der Waals surface area contributed by atoms with Crippen LogP contribution in [-0.2, 0) is 11.2 Å². The van der Waals surface area contributed by atoms with E-state index in [2.05, 4.69) is 20.5 Å². The smallest absolute Gasteiger partial charge is 0.221 e. The van der Waals surface area contributed by atoms with Crippen molar-refractivity contribution in [3.63, 3.8) is 0 Å². The number of aliphatic hydroxyl groups excluding tert-OH is 1. The fourth-order valence-electron chi connectivity index (χ4n) is 1.78. The number of hydrogen-bond donors (Lipinski definition) is 3. The Morgan fingerprint density at radius 3 is 2.75 bits per heavy atom. The van der Waals surface area contributed by atoms with Gasteiger partial charge in [0.15, 0.2) is 0 Å². The molecule has 1 heterocycles. The molecule has 0 aliphatic carbocycles. The first-order valence-corrected chi connectivity index (χ1v) is 6.56. The number of H-pyrrole nitrogens is 1. The van der Waals surface area contributed by atoms with Crippen molar-refractivity contribution in [3.05, 3.63) is 47.0 Å². The summed E-state index contributed by atoms with van der Waals surface area (Å²) in [6.45, 7) is -0.171. The van der Waals surface area contributed by atoms with Crippen molar-refractivity contribution in [2.75, 3.05) is 6.61 Å². The van der Waals surface area contributed by atoms with Gasteiger partial charge >= 0.3 is 0 Å². The van der Waals surface area contributed by atoms with Crippen LogP contribution in [-0.4, -0.2) is 32.8 Å². The molecule has 1 aromatic heterocycles. The minimum absolute atomic E-state index is 0.157. The van der Waals surface area contributed by atoms with E-state index in [9.17, 15) is 9.90 Å². The van der Waals surface area contributed by atoms with Gasteiger partial charge in [0.2, 0.25) is 5.91 Å². The highest BCUT2D eigenvalue weighted by Gasteiger charge is 2.13. The number of aryl methyl sites for hydroxylation is 1. The van der Waals surface area contributed by atoms with E-state index in [4.69, 9.17) is 11.6 Å². The number of aliphatic hydroxyl groups is 1. The minimum atomic E-state index is -0.436. The molecular weight excluding hydrogens is 280 g/mol. The van der Waals surface area contributed by atoms with Crippen LogP contribution in [0, 0.1) is 0 Å². The van der Waals surface area contributed by atoms with Crippen molar-refractivity contribution in [1.29, 1.82) is 0 Å². The molecule has 20 heavy (non-hydrogen) atoms. The Morgan fingerprint density at radius 1 is 1.40 bits per heavy atom. The molecule has 7 heteroatoms. The van der Waals surface area contributed by atoms with Crippen LogP contribution in [0.25, 0.3) is 0 Å². The second kappa shape index (κ2) is 7.02. The molecule has 3 N–H and O–H groups in total. The second-order valence-corrected chi connectivity index (χ2v) is 4.72. The third kappa shape index (κ3) is 4.04. The Balaban J connectivity index is 1.89. The highest BCUT2D eigenvalue weighted by atomic mass is 35.5. The molecule has 2 rings (SSSR count). The predicted molar refractivity (Wildman–Crippen MR) is 74.1 cm³/mol. The third-order valence-corrected chi connectivity index (χ3v) is 3.10. The number of benzene rings is 1. The summed E-state index contributed by atoms with van der Waals surface area (Å²) in [4.78, 5) is 15.8. The van der Waals surface area contributed by atoms with Gasteiger partial charge in [-0.15, -0.1) is 0 Å². The van der Waals surface area contributed by atoms with Crippen LogP contribution < -0.4 is 5.32 Å². The number of nitrogens with zero attached hydrogens (tertiary/aromatic N) is 2. The summed E-state index contributed by atoms with van der Waals surface area (Å²) in [5.41, 5.74) is 0.810. The molecule has 1 unspecified atom stereocenters. The lowest BCUT2D eigenvalue weighted by Gasteiger charge is -2.16. The van der Waals surface area contributed by atoms with Gasteiger partial charge in [0, 0.05) is 17.9 Å². The van der Waals surface area contributed by atoms with Crippen LogP contribution in [0.2, 0.25) is 5.02 Å². The first kappa shape index (κ1) is 14.5. The zero-order chi connectivity index (χ0) is 14.4. The molecule has 0 radical (unpaired) electrons. The van der Waals surface area contributed by atoms with E-state index >= 15 is 0 Å². The molecule has 0 aliphatic heterocycles. The standard InChI is InChI=1S/C13H15ClN4O2/c14-10-3-1-9(2-4-10)11(7-19)17-13(20)6-5-12-15-8-16-18-12/h1-4,8,11,19H,5-7H2,(H,17,20)(H,15,16,18). The fourth-order valence-corrected chi connectivity index (χ4v) is 1.91. The molecule has 0 spiro atoms. The molecule has 0 saturated carbocycles. The Labute approximate surface area is 121 Å². The van der Waals surface area contributed by atoms with E-state index in [1.807, 2.05) is 0 Å². The van der Waals surface area contributed by atoms with Gasteiger partial charge in [-0.2, -0.15) is 5.10 Å². The van der Waals surface area contributed by atoms with E-state index < -0.39 is 6.04 Å². The van der Waals surface area contributed by atoms with Gasteiger partial charge in [0.1, 0.15) is 12.2 Å². The van der Waals surface area contributed by atoms with Crippen LogP contribution in [0.15, 0.2) is 30.6 Å². The Hall–Kier alpha value is -1.92. The topological polar surface area (TPSA) is 90.9 Å². The number of halogens is 1. The van der Waals surface area contributed by atoms with Crippen LogP contribution in [0.1, 0.15) is 23.9 Å². The molecule has 0 bridgehead atoms. The number of carbonyl (C=O) groups is 1. The summed E-state index contributed by atoms with van der Waals surface area (Å²) in [5, 5.41) is 19.2. The number of rotatable bonds is 6. The molecule has 1 atom stereocenters. The molecule has 6 nitrogen and oxygen atoms in total. The highest BCUT2D eigenvalue weighted by molar-refractivity contribution is 6.30. The average molecular weight is 295 g/mol. The third-order valence-electron chi connectivity index (χ3n) is 2.84. The van der Waals surface area contributed by atoms with Crippen molar-refractivity contribution in [2.24, 2.45) is 0 Å². The lowest BCUT2D eigenvalue weighted by atomic mass is 10.1. The number of carbonyl (C=O) groups excluding carboxylic acids is 1. The first-order valence-electron chi connectivity index (χ1n) is 6.19. The van der Waals surface area contributed by atoms with Crippen molar-refractivity contribution < 1.29 is 9.90 Å².